The average molecular weight is 327 g/mol. The van der Waals surface area contributed by atoms with Gasteiger partial charge in [-0.15, -0.1) is 0 Å². The van der Waals surface area contributed by atoms with Gasteiger partial charge in [0.15, 0.2) is 5.78 Å². The summed E-state index contributed by atoms with van der Waals surface area (Å²) in [6, 6.07) is 2.03. The largest absolute Gasteiger partial charge is 0.361 e. The molecule has 0 bridgehead atoms. The number of aromatic nitrogens is 1. The van der Waals surface area contributed by atoms with Crippen molar-refractivity contribution in [2.75, 3.05) is 13.1 Å². The van der Waals surface area contributed by atoms with E-state index in [9.17, 15) is 14.9 Å². The average Bonchev–Trinajstić information content (AvgIpc) is 3.06. The predicted molar refractivity (Wildman–Crippen MR) is 86.0 cm³/mol. The van der Waals surface area contributed by atoms with E-state index in [-0.39, 0.29) is 22.7 Å². The van der Waals surface area contributed by atoms with Crippen molar-refractivity contribution < 1.29 is 14.1 Å². The van der Waals surface area contributed by atoms with Gasteiger partial charge in [-0.1, -0.05) is 25.1 Å². The molecule has 0 aromatic carbocycles. The molecule has 6 heteroatoms. The number of allylic oxidation sites excluding steroid dienone is 1. The van der Waals surface area contributed by atoms with Gasteiger partial charge in [0.25, 0.3) is 5.91 Å². The number of Topliss-reactive ketones (excluding diaryl/α,β-unsaturated/α-hetero) is 1. The van der Waals surface area contributed by atoms with Crippen LogP contribution in [0.5, 0.6) is 0 Å². The Morgan fingerprint density at radius 1 is 1.42 bits per heavy atom. The molecule has 1 aromatic rings. The van der Waals surface area contributed by atoms with Gasteiger partial charge in [0.2, 0.25) is 0 Å². The van der Waals surface area contributed by atoms with E-state index < -0.39 is 5.41 Å². The number of hydrogen-bond donors (Lipinski definition) is 0. The number of carbonyl (C=O) groups excluding carboxylic acids is 2. The molecule has 1 amide bonds. The van der Waals surface area contributed by atoms with Crippen molar-refractivity contribution in [2.45, 2.75) is 40.5 Å². The molecule has 1 aliphatic heterocycles. The van der Waals surface area contributed by atoms with Crippen molar-refractivity contribution in [3.63, 3.8) is 0 Å². The Hall–Kier alpha value is -2.42. The summed E-state index contributed by atoms with van der Waals surface area (Å²) in [4.78, 5) is 26.9. The van der Waals surface area contributed by atoms with Crippen molar-refractivity contribution in [3.05, 3.63) is 28.7 Å². The Morgan fingerprint density at radius 3 is 2.71 bits per heavy atom. The summed E-state index contributed by atoms with van der Waals surface area (Å²) < 4.78 is 5.10. The highest BCUT2D eigenvalue weighted by Gasteiger charge is 2.49. The Balaban J connectivity index is 1.90. The van der Waals surface area contributed by atoms with Gasteiger partial charge in [-0.05, 0) is 26.7 Å². The quantitative estimate of drug-likeness (QED) is 0.791. The summed E-state index contributed by atoms with van der Waals surface area (Å²) in [5.74, 6) is 0.321. The minimum absolute atomic E-state index is 0.0928. The molecule has 0 N–H and O–H groups in total. The summed E-state index contributed by atoms with van der Waals surface area (Å²) in [7, 11) is 0. The van der Waals surface area contributed by atoms with Crippen molar-refractivity contribution in [3.8, 4) is 6.07 Å². The fourth-order valence-corrected chi connectivity index (χ4v) is 4.11. The number of amides is 1. The molecule has 0 radical (unpaired) electrons. The zero-order chi connectivity index (χ0) is 17.7. The van der Waals surface area contributed by atoms with E-state index in [1.807, 2.05) is 19.9 Å². The van der Waals surface area contributed by atoms with Crippen molar-refractivity contribution in [1.82, 2.24) is 10.1 Å². The van der Waals surface area contributed by atoms with Gasteiger partial charge in [0, 0.05) is 23.9 Å². The monoisotopic (exact) mass is 327 g/mol. The maximum Gasteiger partial charge on any atom is 0.259 e. The summed E-state index contributed by atoms with van der Waals surface area (Å²) >= 11 is 0. The van der Waals surface area contributed by atoms with E-state index in [2.05, 4.69) is 5.16 Å². The van der Waals surface area contributed by atoms with Gasteiger partial charge in [-0.25, -0.2) is 0 Å². The third-order valence-corrected chi connectivity index (χ3v) is 5.14. The zero-order valence-electron chi connectivity index (χ0n) is 14.5. The second-order valence-corrected chi connectivity index (χ2v) is 7.60. The number of ketones is 1. The highest BCUT2D eigenvalue weighted by Crippen LogP contribution is 2.48. The van der Waals surface area contributed by atoms with Gasteiger partial charge in [0.05, 0.1) is 11.3 Å². The van der Waals surface area contributed by atoms with Crippen LogP contribution in [0.3, 0.4) is 0 Å². The van der Waals surface area contributed by atoms with E-state index in [1.54, 1.807) is 24.8 Å². The number of nitriles is 1. The highest BCUT2D eigenvalue weighted by atomic mass is 16.5. The lowest BCUT2D eigenvalue weighted by molar-refractivity contribution is -0.125. The molecule has 2 aliphatic rings. The third-order valence-electron chi connectivity index (χ3n) is 5.14. The molecule has 1 fully saturated rings. The Morgan fingerprint density at radius 2 is 2.12 bits per heavy atom. The van der Waals surface area contributed by atoms with Crippen LogP contribution in [0, 0.1) is 36.0 Å². The number of aryl methyl sites for hydroxylation is 2. The first-order chi connectivity index (χ1) is 11.2. The lowest BCUT2D eigenvalue weighted by Crippen LogP contribution is -2.40. The fourth-order valence-electron chi connectivity index (χ4n) is 4.11. The SMILES string of the molecule is Cc1noc(C)c1C(=O)N1CC[C@@]2(C=C(C#N)C(=O)C(C)(C)C2)C1. The van der Waals surface area contributed by atoms with E-state index in [0.717, 1.165) is 6.42 Å². The molecular formula is C18H21N3O3. The summed E-state index contributed by atoms with van der Waals surface area (Å²) in [5, 5.41) is 13.1. The molecule has 1 atom stereocenters. The van der Waals surface area contributed by atoms with Crippen LogP contribution in [0.25, 0.3) is 0 Å². The molecule has 1 spiro atoms. The number of hydrogen-bond acceptors (Lipinski definition) is 5. The lowest BCUT2D eigenvalue weighted by Gasteiger charge is -2.38. The van der Waals surface area contributed by atoms with Crippen LogP contribution >= 0.6 is 0 Å². The van der Waals surface area contributed by atoms with Crippen LogP contribution < -0.4 is 0 Å². The molecule has 24 heavy (non-hydrogen) atoms. The maximum absolute atomic E-state index is 12.8. The van der Waals surface area contributed by atoms with E-state index in [4.69, 9.17) is 4.52 Å². The first-order valence-corrected chi connectivity index (χ1v) is 8.09. The van der Waals surface area contributed by atoms with Gasteiger partial charge in [-0.3, -0.25) is 9.59 Å². The topological polar surface area (TPSA) is 87.2 Å². The molecule has 2 heterocycles. The fraction of sp³-hybridized carbons (Fsp3) is 0.556. The van der Waals surface area contributed by atoms with Crippen LogP contribution in [0.1, 0.15) is 48.5 Å². The first kappa shape index (κ1) is 16.4. The standard InChI is InChI=1S/C18H21N3O3/c1-11-14(12(2)24-20-11)16(23)21-6-5-18(10-21)7-13(8-19)15(22)17(3,4)9-18/h7H,5-6,9-10H2,1-4H3/t18-/m0/s1. The molecule has 1 aromatic heterocycles. The minimum atomic E-state index is -0.581. The molecular weight excluding hydrogens is 306 g/mol. The third kappa shape index (κ3) is 2.44. The molecule has 0 unspecified atom stereocenters. The van der Waals surface area contributed by atoms with Crippen molar-refractivity contribution >= 4 is 11.7 Å². The molecule has 3 rings (SSSR count). The summed E-state index contributed by atoms with van der Waals surface area (Å²) in [6.07, 6.45) is 3.20. The number of rotatable bonds is 1. The Kier molecular flexibility index (Phi) is 3.63. The second kappa shape index (κ2) is 5.30. The van der Waals surface area contributed by atoms with E-state index >= 15 is 0 Å². The zero-order valence-corrected chi connectivity index (χ0v) is 14.5. The normalized spacial score (nSPS) is 25.7. The van der Waals surface area contributed by atoms with Gasteiger partial charge in [0.1, 0.15) is 17.4 Å². The Labute approximate surface area is 141 Å². The first-order valence-electron chi connectivity index (χ1n) is 8.09. The smallest absolute Gasteiger partial charge is 0.259 e. The molecule has 6 nitrogen and oxygen atoms in total. The number of nitrogens with zero attached hydrogens (tertiary/aromatic N) is 3. The van der Waals surface area contributed by atoms with Crippen LogP contribution in [0.15, 0.2) is 16.2 Å². The minimum Gasteiger partial charge on any atom is -0.361 e. The molecule has 126 valence electrons. The van der Waals surface area contributed by atoms with Gasteiger partial charge < -0.3 is 9.42 Å². The Bertz CT molecular complexity index is 777. The molecule has 1 aliphatic carbocycles. The van der Waals surface area contributed by atoms with Crippen molar-refractivity contribution in [2.24, 2.45) is 10.8 Å². The second-order valence-electron chi connectivity index (χ2n) is 7.60. The lowest BCUT2D eigenvalue weighted by atomic mass is 9.64. The van der Waals surface area contributed by atoms with Crippen LogP contribution in [-0.2, 0) is 4.79 Å². The number of likely N-dealkylation sites (tertiary alicyclic amines) is 1. The molecule has 0 saturated carbocycles. The van der Waals surface area contributed by atoms with Crippen molar-refractivity contribution in [1.29, 1.82) is 5.26 Å². The van der Waals surface area contributed by atoms with Crippen LogP contribution in [0.4, 0.5) is 0 Å². The predicted octanol–water partition coefficient (Wildman–Crippen LogP) is 2.57. The van der Waals surface area contributed by atoms with E-state index in [0.29, 0.717) is 36.5 Å². The summed E-state index contributed by atoms with van der Waals surface area (Å²) in [6.45, 7) is 8.35. The van der Waals surface area contributed by atoms with Gasteiger partial charge in [-0.2, -0.15) is 5.26 Å². The van der Waals surface area contributed by atoms with Gasteiger partial charge >= 0.3 is 0 Å². The van der Waals surface area contributed by atoms with Crippen LogP contribution in [0.2, 0.25) is 0 Å². The van der Waals surface area contributed by atoms with E-state index in [1.165, 1.54) is 0 Å². The number of carbonyl (C=O) groups is 2. The molecule has 1 saturated heterocycles. The van der Waals surface area contributed by atoms with Crippen LogP contribution in [-0.4, -0.2) is 34.8 Å². The maximum atomic E-state index is 12.8. The summed E-state index contributed by atoms with van der Waals surface area (Å²) in [5.41, 5.74) is 0.436. The highest BCUT2D eigenvalue weighted by molar-refractivity contribution is 6.04.